The van der Waals surface area contributed by atoms with Crippen molar-refractivity contribution in [3.8, 4) is 0 Å². The molecule has 0 radical (unpaired) electrons. The standard InChI is InChI=1S/C23H40O3/c1-2-3-4-5-6-7-8-9-10-11-12-13-14-19-15-16-20(17-18-21(24)25)23-22(19)26-23/h14,20,22-23H,2-13,15-18H2,1H3,(H,24,25)/t20-,22?,23-/m1/s1. The number of aliphatic carboxylic acids is 1. The van der Waals surface area contributed by atoms with Crippen LogP contribution in [0.1, 0.15) is 110 Å². The van der Waals surface area contributed by atoms with Crippen molar-refractivity contribution in [2.45, 2.75) is 122 Å². The minimum absolute atomic E-state index is 0.287. The van der Waals surface area contributed by atoms with Crippen molar-refractivity contribution >= 4 is 5.97 Å². The topological polar surface area (TPSA) is 49.8 Å². The third-order valence-electron chi connectivity index (χ3n) is 6.10. The number of rotatable bonds is 15. The molecule has 1 aliphatic carbocycles. The van der Waals surface area contributed by atoms with E-state index in [2.05, 4.69) is 13.0 Å². The maximum absolute atomic E-state index is 10.7. The average Bonchev–Trinajstić information content (AvgIpc) is 3.42. The van der Waals surface area contributed by atoms with Gasteiger partial charge in [0.15, 0.2) is 0 Å². The van der Waals surface area contributed by atoms with Gasteiger partial charge in [-0.05, 0) is 43.6 Å². The summed E-state index contributed by atoms with van der Waals surface area (Å²) in [7, 11) is 0. The fourth-order valence-corrected chi connectivity index (χ4v) is 4.37. The van der Waals surface area contributed by atoms with E-state index in [0.717, 1.165) is 19.3 Å². The van der Waals surface area contributed by atoms with Gasteiger partial charge in [-0.1, -0.05) is 77.2 Å². The summed E-state index contributed by atoms with van der Waals surface area (Å²) in [6, 6.07) is 0. The van der Waals surface area contributed by atoms with Crippen molar-refractivity contribution in [3.05, 3.63) is 11.6 Å². The quantitative estimate of drug-likeness (QED) is 0.201. The SMILES string of the molecule is CCCCCCCCCCCCCC=C1CC[C@H](CCC(=O)O)[C@H]2OC12. The van der Waals surface area contributed by atoms with Crippen molar-refractivity contribution in [1.82, 2.24) is 0 Å². The van der Waals surface area contributed by atoms with E-state index in [-0.39, 0.29) is 6.42 Å². The third kappa shape index (κ3) is 8.24. The molecule has 1 N–H and O–H groups in total. The first kappa shape index (κ1) is 21.5. The minimum atomic E-state index is -0.681. The van der Waals surface area contributed by atoms with Gasteiger partial charge in [-0.3, -0.25) is 4.79 Å². The molecule has 0 aromatic rings. The number of hydrogen-bond acceptors (Lipinski definition) is 2. The highest BCUT2D eigenvalue weighted by molar-refractivity contribution is 5.66. The molecule has 0 spiro atoms. The first-order chi connectivity index (χ1) is 12.7. The molecule has 0 bridgehead atoms. The van der Waals surface area contributed by atoms with Crippen molar-refractivity contribution in [2.75, 3.05) is 0 Å². The van der Waals surface area contributed by atoms with Crippen LogP contribution in [-0.2, 0) is 9.53 Å². The number of unbranched alkanes of at least 4 members (excludes halogenated alkanes) is 11. The van der Waals surface area contributed by atoms with Crippen LogP contribution in [0.3, 0.4) is 0 Å². The number of allylic oxidation sites excluding steroid dienone is 1. The van der Waals surface area contributed by atoms with Gasteiger partial charge >= 0.3 is 5.97 Å². The Labute approximate surface area is 160 Å². The van der Waals surface area contributed by atoms with E-state index in [9.17, 15) is 4.79 Å². The Bertz CT molecular complexity index is 429. The third-order valence-corrected chi connectivity index (χ3v) is 6.10. The number of carboxylic acids is 1. The van der Waals surface area contributed by atoms with Crippen LogP contribution in [-0.4, -0.2) is 23.3 Å². The summed E-state index contributed by atoms with van der Waals surface area (Å²) in [6.45, 7) is 2.28. The summed E-state index contributed by atoms with van der Waals surface area (Å²) in [6.07, 6.45) is 22.9. The van der Waals surface area contributed by atoms with E-state index >= 15 is 0 Å². The molecule has 1 heterocycles. The average molecular weight is 365 g/mol. The zero-order valence-corrected chi connectivity index (χ0v) is 16.9. The van der Waals surface area contributed by atoms with Crippen LogP contribution < -0.4 is 0 Å². The monoisotopic (exact) mass is 364 g/mol. The molecule has 1 aliphatic heterocycles. The molecule has 3 nitrogen and oxygen atoms in total. The lowest BCUT2D eigenvalue weighted by molar-refractivity contribution is -0.137. The fraction of sp³-hybridized carbons (Fsp3) is 0.870. The summed E-state index contributed by atoms with van der Waals surface area (Å²) in [5.74, 6) is -0.213. The lowest BCUT2D eigenvalue weighted by atomic mass is 9.83. The molecule has 1 saturated heterocycles. The number of ether oxygens (including phenoxy) is 1. The molecule has 150 valence electrons. The number of carboxylic acid groups (broad SMARTS) is 1. The second-order valence-electron chi connectivity index (χ2n) is 8.36. The van der Waals surface area contributed by atoms with E-state index in [4.69, 9.17) is 9.84 Å². The van der Waals surface area contributed by atoms with Crippen LogP contribution >= 0.6 is 0 Å². The largest absolute Gasteiger partial charge is 0.481 e. The molecule has 0 aromatic carbocycles. The van der Waals surface area contributed by atoms with Crippen molar-refractivity contribution in [2.24, 2.45) is 5.92 Å². The molecule has 3 atom stereocenters. The van der Waals surface area contributed by atoms with E-state index in [1.807, 2.05) is 0 Å². The Hall–Kier alpha value is -0.830. The molecule has 1 saturated carbocycles. The molecule has 2 aliphatic rings. The molecule has 2 fully saturated rings. The molecule has 1 unspecified atom stereocenters. The maximum Gasteiger partial charge on any atom is 0.303 e. The lowest BCUT2D eigenvalue weighted by Crippen LogP contribution is -2.19. The van der Waals surface area contributed by atoms with Crippen LogP contribution in [0.4, 0.5) is 0 Å². The summed E-state index contributed by atoms with van der Waals surface area (Å²) in [5, 5.41) is 8.82. The number of carbonyl (C=O) groups is 1. The highest BCUT2D eigenvalue weighted by atomic mass is 16.6. The van der Waals surface area contributed by atoms with Gasteiger partial charge in [0.2, 0.25) is 0 Å². The Kier molecular flexibility index (Phi) is 10.4. The van der Waals surface area contributed by atoms with E-state index in [1.54, 1.807) is 0 Å². The first-order valence-corrected chi connectivity index (χ1v) is 11.3. The second-order valence-corrected chi connectivity index (χ2v) is 8.36. The zero-order valence-electron chi connectivity index (χ0n) is 16.9. The van der Waals surface area contributed by atoms with Crippen molar-refractivity contribution in [3.63, 3.8) is 0 Å². The van der Waals surface area contributed by atoms with Crippen LogP contribution in [0.2, 0.25) is 0 Å². The van der Waals surface area contributed by atoms with E-state index < -0.39 is 5.97 Å². The smallest absolute Gasteiger partial charge is 0.303 e. The van der Waals surface area contributed by atoms with Gasteiger partial charge in [-0.15, -0.1) is 0 Å². The number of fused-ring (bicyclic) bond motifs is 1. The normalized spacial score (nSPS) is 26.0. The van der Waals surface area contributed by atoms with E-state index in [1.165, 1.54) is 82.6 Å². The number of hydrogen-bond donors (Lipinski definition) is 1. The Morgan fingerprint density at radius 1 is 1.04 bits per heavy atom. The second kappa shape index (κ2) is 12.5. The van der Waals surface area contributed by atoms with Gasteiger partial charge in [-0.2, -0.15) is 0 Å². The minimum Gasteiger partial charge on any atom is -0.481 e. The molecule has 3 heteroatoms. The van der Waals surface area contributed by atoms with Gasteiger partial charge in [0.05, 0.1) is 6.10 Å². The van der Waals surface area contributed by atoms with Gasteiger partial charge in [0.25, 0.3) is 0 Å². The fourth-order valence-electron chi connectivity index (χ4n) is 4.37. The molecule has 0 amide bonds. The molecule has 26 heavy (non-hydrogen) atoms. The van der Waals surface area contributed by atoms with Crippen molar-refractivity contribution < 1.29 is 14.6 Å². The predicted molar refractivity (Wildman–Crippen MR) is 107 cm³/mol. The van der Waals surface area contributed by atoms with Crippen LogP contribution in [0.15, 0.2) is 11.6 Å². The van der Waals surface area contributed by atoms with Crippen LogP contribution in [0.25, 0.3) is 0 Å². The molecule has 2 rings (SSSR count). The Morgan fingerprint density at radius 2 is 1.65 bits per heavy atom. The van der Waals surface area contributed by atoms with Gasteiger partial charge < -0.3 is 9.84 Å². The lowest BCUT2D eigenvalue weighted by Gasteiger charge is -2.19. The van der Waals surface area contributed by atoms with Crippen LogP contribution in [0, 0.1) is 5.92 Å². The van der Waals surface area contributed by atoms with Crippen molar-refractivity contribution in [1.29, 1.82) is 0 Å². The highest BCUT2D eigenvalue weighted by Gasteiger charge is 2.49. The van der Waals surface area contributed by atoms with E-state index in [0.29, 0.717) is 18.1 Å². The maximum atomic E-state index is 10.7. The molecular formula is C23H40O3. The van der Waals surface area contributed by atoms with Gasteiger partial charge in [-0.25, -0.2) is 0 Å². The van der Waals surface area contributed by atoms with Crippen LogP contribution in [0.5, 0.6) is 0 Å². The summed E-state index contributed by atoms with van der Waals surface area (Å²) in [5.41, 5.74) is 1.49. The summed E-state index contributed by atoms with van der Waals surface area (Å²) < 4.78 is 5.83. The molecule has 0 aromatic heterocycles. The molecular weight excluding hydrogens is 324 g/mol. The van der Waals surface area contributed by atoms with Gasteiger partial charge in [0.1, 0.15) is 6.10 Å². The van der Waals surface area contributed by atoms with Gasteiger partial charge in [0, 0.05) is 6.42 Å². The first-order valence-electron chi connectivity index (χ1n) is 11.3. The Morgan fingerprint density at radius 3 is 2.27 bits per heavy atom. The highest BCUT2D eigenvalue weighted by Crippen LogP contribution is 2.45. The predicted octanol–water partition coefficient (Wildman–Crippen LogP) is 6.66. The summed E-state index contributed by atoms with van der Waals surface area (Å²) >= 11 is 0. The summed E-state index contributed by atoms with van der Waals surface area (Å²) in [4.78, 5) is 10.7. The Balaban J connectivity index is 1.43. The number of epoxide rings is 1. The zero-order chi connectivity index (χ0) is 18.6.